The molecule has 0 radical (unpaired) electrons. The van der Waals surface area contributed by atoms with Gasteiger partial charge in [-0.2, -0.15) is 0 Å². The van der Waals surface area contributed by atoms with Gasteiger partial charge in [-0.1, -0.05) is 66.7 Å². The van der Waals surface area contributed by atoms with Crippen molar-refractivity contribution >= 4 is 5.97 Å². The van der Waals surface area contributed by atoms with Crippen LogP contribution in [-0.4, -0.2) is 5.97 Å². The molecular weight excluding hydrogens is 320 g/mol. The highest BCUT2D eigenvalue weighted by molar-refractivity contribution is 5.88. The molecule has 0 unspecified atom stereocenters. The first kappa shape index (κ1) is 14.3. The number of benzene rings is 3. The summed E-state index contributed by atoms with van der Waals surface area (Å²) in [6.07, 6.45) is 0.914. The van der Waals surface area contributed by atoms with Crippen LogP contribution in [0.5, 0.6) is 5.75 Å². The first-order valence-electron chi connectivity index (χ1n) is 9.25. The lowest BCUT2D eigenvalue weighted by molar-refractivity contribution is -0.142. The van der Waals surface area contributed by atoms with Crippen molar-refractivity contribution < 1.29 is 9.53 Å². The number of hydrogen-bond acceptors (Lipinski definition) is 2. The Morgan fingerprint density at radius 2 is 1.31 bits per heavy atom. The monoisotopic (exact) mass is 338 g/mol. The standard InChI is InChI=1S/C24H18O2/c25-23(26-15-8-2-1-3-9-15)24-14-20(24)21-16-10-4-6-12-18(16)22(24)19-13-7-5-11-17(19)21/h1-13,20-22H,14H2/t20-,21?,22?,24+/m0/s1. The summed E-state index contributed by atoms with van der Waals surface area (Å²) >= 11 is 0. The Kier molecular flexibility index (Phi) is 2.67. The molecule has 126 valence electrons. The Balaban J connectivity index is 1.50. The topological polar surface area (TPSA) is 26.3 Å². The van der Waals surface area contributed by atoms with E-state index in [0.29, 0.717) is 17.6 Å². The molecule has 3 aromatic rings. The van der Waals surface area contributed by atoms with Crippen LogP contribution in [0.3, 0.4) is 0 Å². The minimum atomic E-state index is -0.400. The molecular formula is C24H18O2. The summed E-state index contributed by atoms with van der Waals surface area (Å²) in [6, 6.07) is 26.8. The van der Waals surface area contributed by atoms with Gasteiger partial charge in [0, 0.05) is 11.8 Å². The predicted molar refractivity (Wildman–Crippen MR) is 99.2 cm³/mol. The van der Waals surface area contributed by atoms with Crippen molar-refractivity contribution in [3.05, 3.63) is 101 Å². The molecule has 0 amide bonds. The van der Waals surface area contributed by atoms with Gasteiger partial charge in [-0.3, -0.25) is 4.79 Å². The first-order valence-corrected chi connectivity index (χ1v) is 9.25. The van der Waals surface area contributed by atoms with Crippen LogP contribution in [0.4, 0.5) is 0 Å². The second-order valence-corrected chi connectivity index (χ2v) is 7.72. The molecule has 0 saturated heterocycles. The molecule has 0 spiro atoms. The van der Waals surface area contributed by atoms with Crippen LogP contribution < -0.4 is 4.74 Å². The normalized spacial score (nSPS) is 29.3. The Morgan fingerprint density at radius 1 is 0.769 bits per heavy atom. The van der Waals surface area contributed by atoms with Gasteiger partial charge in [-0.05, 0) is 46.7 Å². The summed E-state index contributed by atoms with van der Waals surface area (Å²) in [6.45, 7) is 0. The van der Waals surface area contributed by atoms with Crippen molar-refractivity contribution in [1.29, 1.82) is 0 Å². The van der Waals surface area contributed by atoms with E-state index in [9.17, 15) is 4.79 Å². The van der Waals surface area contributed by atoms with Crippen LogP contribution in [-0.2, 0) is 4.79 Å². The second-order valence-electron chi connectivity index (χ2n) is 7.72. The van der Waals surface area contributed by atoms with E-state index in [-0.39, 0.29) is 11.9 Å². The molecule has 2 heteroatoms. The zero-order valence-electron chi connectivity index (χ0n) is 14.3. The Morgan fingerprint density at radius 3 is 1.92 bits per heavy atom. The lowest BCUT2D eigenvalue weighted by Crippen LogP contribution is -2.40. The molecule has 1 fully saturated rings. The fraction of sp³-hybridized carbons (Fsp3) is 0.208. The van der Waals surface area contributed by atoms with E-state index in [1.165, 1.54) is 22.3 Å². The Bertz CT molecular complexity index is 991. The maximum atomic E-state index is 13.3. The van der Waals surface area contributed by atoms with Crippen LogP contribution in [0.2, 0.25) is 0 Å². The zero-order valence-corrected chi connectivity index (χ0v) is 14.3. The van der Waals surface area contributed by atoms with Crippen LogP contribution in [0.1, 0.15) is 40.5 Å². The van der Waals surface area contributed by atoms with Crippen molar-refractivity contribution in [3.8, 4) is 5.75 Å². The number of ether oxygens (including phenoxy) is 1. The highest BCUT2D eigenvalue weighted by atomic mass is 16.5. The first-order chi connectivity index (χ1) is 12.8. The van der Waals surface area contributed by atoms with E-state index in [1.54, 1.807) is 0 Å². The molecule has 0 aliphatic heterocycles. The van der Waals surface area contributed by atoms with Crippen LogP contribution in [0.25, 0.3) is 0 Å². The highest BCUT2D eigenvalue weighted by Crippen LogP contribution is 2.76. The summed E-state index contributed by atoms with van der Waals surface area (Å²) in [7, 11) is 0. The highest BCUT2D eigenvalue weighted by Gasteiger charge is 2.73. The summed E-state index contributed by atoms with van der Waals surface area (Å²) in [5, 5.41) is 0. The minimum Gasteiger partial charge on any atom is -0.426 e. The number of carbonyl (C=O) groups is 1. The maximum Gasteiger partial charge on any atom is 0.318 e. The number of hydrogen-bond donors (Lipinski definition) is 0. The number of para-hydroxylation sites is 1. The van der Waals surface area contributed by atoms with E-state index in [4.69, 9.17) is 4.74 Å². The number of esters is 1. The van der Waals surface area contributed by atoms with Crippen LogP contribution in [0, 0.1) is 11.3 Å². The maximum absolute atomic E-state index is 13.3. The molecule has 1 saturated carbocycles. The van der Waals surface area contributed by atoms with Crippen molar-refractivity contribution in [1.82, 2.24) is 0 Å². The average molecular weight is 338 g/mol. The van der Waals surface area contributed by atoms with Gasteiger partial charge in [0.1, 0.15) is 5.75 Å². The Labute approximate surface area is 152 Å². The Hall–Kier alpha value is -2.87. The van der Waals surface area contributed by atoms with E-state index in [0.717, 1.165) is 6.42 Å². The van der Waals surface area contributed by atoms with E-state index in [1.807, 2.05) is 30.3 Å². The quantitative estimate of drug-likeness (QED) is 0.491. The van der Waals surface area contributed by atoms with E-state index in [2.05, 4.69) is 48.5 Å². The van der Waals surface area contributed by atoms with Gasteiger partial charge in [0.05, 0.1) is 5.41 Å². The van der Waals surface area contributed by atoms with Gasteiger partial charge in [-0.15, -0.1) is 0 Å². The molecule has 3 aromatic carbocycles. The molecule has 4 aliphatic carbocycles. The lowest BCUT2D eigenvalue weighted by Gasteiger charge is -2.44. The fourth-order valence-electron chi connectivity index (χ4n) is 5.53. The van der Waals surface area contributed by atoms with Crippen LogP contribution in [0.15, 0.2) is 78.9 Å². The number of rotatable bonds is 2. The molecule has 0 N–H and O–H groups in total. The van der Waals surface area contributed by atoms with E-state index < -0.39 is 5.41 Å². The van der Waals surface area contributed by atoms with Crippen LogP contribution >= 0.6 is 0 Å². The van der Waals surface area contributed by atoms with Gasteiger partial charge in [-0.25, -0.2) is 0 Å². The smallest absolute Gasteiger partial charge is 0.318 e. The van der Waals surface area contributed by atoms with Gasteiger partial charge in [0.2, 0.25) is 0 Å². The third kappa shape index (κ3) is 1.65. The van der Waals surface area contributed by atoms with E-state index >= 15 is 0 Å². The van der Waals surface area contributed by atoms with Crippen molar-refractivity contribution in [3.63, 3.8) is 0 Å². The van der Waals surface area contributed by atoms with Crippen molar-refractivity contribution in [2.45, 2.75) is 18.3 Å². The molecule has 2 bridgehead atoms. The minimum absolute atomic E-state index is 0.0623. The lowest BCUT2D eigenvalue weighted by atomic mass is 9.59. The number of carbonyl (C=O) groups excluding carboxylic acids is 1. The average Bonchev–Trinajstić information content (AvgIpc) is 3.46. The van der Waals surface area contributed by atoms with Gasteiger partial charge >= 0.3 is 5.97 Å². The largest absolute Gasteiger partial charge is 0.426 e. The summed E-state index contributed by atoms with van der Waals surface area (Å²) < 4.78 is 5.84. The summed E-state index contributed by atoms with van der Waals surface area (Å²) in [4.78, 5) is 13.3. The molecule has 2 nitrogen and oxygen atoms in total. The summed E-state index contributed by atoms with van der Waals surface area (Å²) in [5.74, 6) is 1.36. The molecule has 0 aromatic heterocycles. The summed E-state index contributed by atoms with van der Waals surface area (Å²) in [5.41, 5.74) is 5.04. The zero-order chi connectivity index (χ0) is 17.3. The van der Waals surface area contributed by atoms with Gasteiger partial charge < -0.3 is 4.74 Å². The predicted octanol–water partition coefficient (Wildman–Crippen LogP) is 4.89. The molecule has 0 heterocycles. The molecule has 7 rings (SSSR count). The fourth-order valence-corrected chi connectivity index (χ4v) is 5.53. The third-order valence-corrected chi connectivity index (χ3v) is 6.59. The molecule has 2 atom stereocenters. The second kappa shape index (κ2) is 4.85. The molecule has 26 heavy (non-hydrogen) atoms. The van der Waals surface area contributed by atoms with Gasteiger partial charge in [0.25, 0.3) is 0 Å². The van der Waals surface area contributed by atoms with Gasteiger partial charge in [0.15, 0.2) is 0 Å². The SMILES string of the molecule is O=C(Oc1ccccc1)[C@]12C[C@H]1C1c3ccccc3C2c2ccccc21. The molecule has 4 aliphatic rings. The third-order valence-electron chi connectivity index (χ3n) is 6.59. The van der Waals surface area contributed by atoms with Crippen molar-refractivity contribution in [2.75, 3.05) is 0 Å². The van der Waals surface area contributed by atoms with Crippen molar-refractivity contribution in [2.24, 2.45) is 11.3 Å².